The Morgan fingerprint density at radius 1 is 1.40 bits per heavy atom. The van der Waals surface area contributed by atoms with E-state index in [9.17, 15) is 4.79 Å². The van der Waals surface area contributed by atoms with Gasteiger partial charge < -0.3 is 25.3 Å². The fourth-order valence-electron chi connectivity index (χ4n) is 1.81. The van der Waals surface area contributed by atoms with E-state index in [1.54, 1.807) is 12.1 Å². The standard InChI is InChI=1S/C14H20N2O4/c1-14(2,15)8-16-13(17)9-6-10(18-3)12-11(7-9)19-4-5-20-12/h6-7H,4-5,8,15H2,1-3H3,(H,16,17). The lowest BCUT2D eigenvalue weighted by Gasteiger charge is -2.22. The Morgan fingerprint density at radius 3 is 2.75 bits per heavy atom. The van der Waals surface area contributed by atoms with Crippen molar-refractivity contribution in [1.29, 1.82) is 0 Å². The zero-order chi connectivity index (χ0) is 14.8. The van der Waals surface area contributed by atoms with E-state index < -0.39 is 5.54 Å². The van der Waals surface area contributed by atoms with E-state index in [0.717, 1.165) is 0 Å². The molecular weight excluding hydrogens is 260 g/mol. The third kappa shape index (κ3) is 3.33. The smallest absolute Gasteiger partial charge is 0.251 e. The Hall–Kier alpha value is -1.95. The summed E-state index contributed by atoms with van der Waals surface area (Å²) in [4.78, 5) is 12.1. The summed E-state index contributed by atoms with van der Waals surface area (Å²) in [6.45, 7) is 4.99. The number of rotatable bonds is 4. The summed E-state index contributed by atoms with van der Waals surface area (Å²) in [5.41, 5.74) is 5.83. The van der Waals surface area contributed by atoms with Gasteiger partial charge in [0.05, 0.1) is 7.11 Å². The maximum absolute atomic E-state index is 12.1. The van der Waals surface area contributed by atoms with Gasteiger partial charge in [0, 0.05) is 17.6 Å². The number of amides is 1. The number of carbonyl (C=O) groups is 1. The summed E-state index contributed by atoms with van der Waals surface area (Å²) in [5, 5.41) is 2.78. The van der Waals surface area contributed by atoms with Gasteiger partial charge in [-0.1, -0.05) is 0 Å². The lowest BCUT2D eigenvalue weighted by atomic mass is 10.1. The van der Waals surface area contributed by atoms with Crippen molar-refractivity contribution in [2.24, 2.45) is 5.73 Å². The second kappa shape index (κ2) is 5.58. The summed E-state index contributed by atoms with van der Waals surface area (Å²) in [7, 11) is 1.53. The molecule has 0 atom stereocenters. The van der Waals surface area contributed by atoms with Crippen molar-refractivity contribution >= 4 is 5.91 Å². The van der Waals surface area contributed by atoms with Crippen molar-refractivity contribution in [2.45, 2.75) is 19.4 Å². The number of benzene rings is 1. The highest BCUT2D eigenvalue weighted by Gasteiger charge is 2.21. The Kier molecular flexibility index (Phi) is 4.04. The van der Waals surface area contributed by atoms with Gasteiger partial charge >= 0.3 is 0 Å². The van der Waals surface area contributed by atoms with Crippen molar-refractivity contribution in [3.63, 3.8) is 0 Å². The van der Waals surface area contributed by atoms with Crippen LogP contribution in [0.5, 0.6) is 17.2 Å². The number of hydrogen-bond acceptors (Lipinski definition) is 5. The van der Waals surface area contributed by atoms with Crippen LogP contribution in [-0.4, -0.2) is 38.3 Å². The van der Waals surface area contributed by atoms with Gasteiger partial charge in [0.15, 0.2) is 11.5 Å². The number of nitrogens with two attached hydrogens (primary N) is 1. The molecule has 0 unspecified atom stereocenters. The van der Waals surface area contributed by atoms with Crippen molar-refractivity contribution < 1.29 is 19.0 Å². The van der Waals surface area contributed by atoms with Crippen LogP contribution in [0.25, 0.3) is 0 Å². The lowest BCUT2D eigenvalue weighted by molar-refractivity contribution is 0.0944. The molecule has 0 radical (unpaired) electrons. The minimum Gasteiger partial charge on any atom is -0.493 e. The monoisotopic (exact) mass is 280 g/mol. The fraction of sp³-hybridized carbons (Fsp3) is 0.500. The predicted octanol–water partition coefficient (Wildman–Crippen LogP) is 0.934. The molecule has 6 nitrogen and oxygen atoms in total. The van der Waals surface area contributed by atoms with Crippen LogP contribution in [0.2, 0.25) is 0 Å². The minimum atomic E-state index is -0.465. The first-order valence-corrected chi connectivity index (χ1v) is 6.45. The van der Waals surface area contributed by atoms with Crippen LogP contribution in [0.1, 0.15) is 24.2 Å². The Bertz CT molecular complexity index is 491. The number of fused-ring (bicyclic) bond motifs is 1. The fourth-order valence-corrected chi connectivity index (χ4v) is 1.81. The van der Waals surface area contributed by atoms with Gasteiger partial charge in [-0.25, -0.2) is 0 Å². The molecule has 0 aromatic heterocycles. The van der Waals surface area contributed by atoms with E-state index >= 15 is 0 Å². The molecular formula is C14H20N2O4. The largest absolute Gasteiger partial charge is 0.493 e. The molecule has 0 aliphatic carbocycles. The number of carbonyl (C=O) groups excluding carboxylic acids is 1. The molecule has 1 amide bonds. The Balaban J connectivity index is 2.22. The van der Waals surface area contributed by atoms with Gasteiger partial charge in [0.1, 0.15) is 13.2 Å². The highest BCUT2D eigenvalue weighted by atomic mass is 16.6. The SMILES string of the molecule is COc1cc(C(=O)NCC(C)(C)N)cc2c1OCCO2. The molecule has 0 bridgehead atoms. The molecule has 3 N–H and O–H groups in total. The van der Waals surface area contributed by atoms with E-state index in [1.165, 1.54) is 7.11 Å². The maximum Gasteiger partial charge on any atom is 0.251 e. The predicted molar refractivity (Wildman–Crippen MR) is 74.6 cm³/mol. The first kappa shape index (κ1) is 14.5. The van der Waals surface area contributed by atoms with Crippen LogP contribution in [-0.2, 0) is 0 Å². The molecule has 0 fully saturated rings. The number of hydrogen-bond donors (Lipinski definition) is 2. The Morgan fingerprint density at radius 2 is 2.10 bits per heavy atom. The van der Waals surface area contributed by atoms with Gasteiger partial charge in [0.25, 0.3) is 5.91 Å². The number of ether oxygens (including phenoxy) is 3. The van der Waals surface area contributed by atoms with Crippen molar-refractivity contribution in [3.8, 4) is 17.2 Å². The van der Waals surface area contributed by atoms with Crippen LogP contribution >= 0.6 is 0 Å². The normalized spacial score (nSPS) is 13.8. The van der Waals surface area contributed by atoms with E-state index in [-0.39, 0.29) is 5.91 Å². The van der Waals surface area contributed by atoms with Gasteiger partial charge in [-0.15, -0.1) is 0 Å². The zero-order valence-electron chi connectivity index (χ0n) is 12.0. The topological polar surface area (TPSA) is 82.8 Å². The lowest BCUT2D eigenvalue weighted by Crippen LogP contribution is -2.45. The average molecular weight is 280 g/mol. The molecule has 1 aromatic carbocycles. The first-order valence-electron chi connectivity index (χ1n) is 6.45. The van der Waals surface area contributed by atoms with Gasteiger partial charge in [-0.05, 0) is 26.0 Å². The van der Waals surface area contributed by atoms with Crippen LogP contribution < -0.4 is 25.3 Å². The quantitative estimate of drug-likeness (QED) is 0.857. The highest BCUT2D eigenvalue weighted by Crippen LogP contribution is 2.40. The molecule has 20 heavy (non-hydrogen) atoms. The molecule has 6 heteroatoms. The summed E-state index contributed by atoms with van der Waals surface area (Å²) >= 11 is 0. The Labute approximate surface area is 118 Å². The molecule has 1 aliphatic rings. The van der Waals surface area contributed by atoms with Crippen LogP contribution in [0.4, 0.5) is 0 Å². The highest BCUT2D eigenvalue weighted by molar-refractivity contribution is 5.95. The summed E-state index contributed by atoms with van der Waals surface area (Å²) < 4.78 is 16.2. The average Bonchev–Trinajstić information content (AvgIpc) is 2.42. The van der Waals surface area contributed by atoms with E-state index in [2.05, 4.69) is 5.32 Å². The van der Waals surface area contributed by atoms with Crippen molar-refractivity contribution in [3.05, 3.63) is 17.7 Å². The molecule has 0 saturated carbocycles. The number of methoxy groups -OCH3 is 1. The van der Waals surface area contributed by atoms with E-state index in [4.69, 9.17) is 19.9 Å². The second-order valence-electron chi connectivity index (χ2n) is 5.37. The summed E-state index contributed by atoms with van der Waals surface area (Å²) in [6.07, 6.45) is 0. The third-order valence-corrected chi connectivity index (χ3v) is 2.79. The zero-order valence-corrected chi connectivity index (χ0v) is 12.0. The number of nitrogens with one attached hydrogen (secondary N) is 1. The summed E-state index contributed by atoms with van der Waals surface area (Å²) in [5.74, 6) is 1.32. The molecule has 110 valence electrons. The van der Waals surface area contributed by atoms with Crippen molar-refractivity contribution in [2.75, 3.05) is 26.9 Å². The molecule has 0 spiro atoms. The molecule has 1 aromatic rings. The van der Waals surface area contributed by atoms with Crippen molar-refractivity contribution in [1.82, 2.24) is 5.32 Å². The second-order valence-corrected chi connectivity index (χ2v) is 5.37. The minimum absolute atomic E-state index is 0.223. The summed E-state index contributed by atoms with van der Waals surface area (Å²) in [6, 6.07) is 3.28. The molecule has 2 rings (SSSR count). The first-order chi connectivity index (χ1) is 9.40. The third-order valence-electron chi connectivity index (χ3n) is 2.79. The maximum atomic E-state index is 12.1. The van der Waals surface area contributed by atoms with Crippen LogP contribution in [0.3, 0.4) is 0 Å². The van der Waals surface area contributed by atoms with Gasteiger partial charge in [0.2, 0.25) is 5.75 Å². The molecule has 0 saturated heterocycles. The molecule has 1 heterocycles. The van der Waals surface area contributed by atoms with Crippen LogP contribution in [0.15, 0.2) is 12.1 Å². The molecule has 1 aliphatic heterocycles. The van der Waals surface area contributed by atoms with E-state index in [1.807, 2.05) is 13.8 Å². The van der Waals surface area contributed by atoms with E-state index in [0.29, 0.717) is 42.6 Å². The van der Waals surface area contributed by atoms with Crippen LogP contribution in [0, 0.1) is 0 Å². The van der Waals surface area contributed by atoms with Gasteiger partial charge in [-0.2, -0.15) is 0 Å². The van der Waals surface area contributed by atoms with Gasteiger partial charge in [-0.3, -0.25) is 4.79 Å².